The predicted octanol–water partition coefficient (Wildman–Crippen LogP) is 7.90. The summed E-state index contributed by atoms with van der Waals surface area (Å²) in [4.78, 5) is 12.3. The van der Waals surface area contributed by atoms with Crippen molar-refractivity contribution < 1.29 is 9.53 Å². The van der Waals surface area contributed by atoms with E-state index in [1.54, 1.807) is 6.92 Å². The Labute approximate surface area is 174 Å². The molecule has 0 bridgehead atoms. The molecule has 0 spiro atoms. The molecule has 152 valence electrons. The monoisotopic (exact) mass is 388 g/mol. The van der Waals surface area contributed by atoms with Gasteiger partial charge in [0, 0.05) is 11.1 Å². The third-order valence-electron chi connectivity index (χ3n) is 5.54. The molecule has 0 saturated heterocycles. The van der Waals surface area contributed by atoms with Crippen LogP contribution < -0.4 is 0 Å². The van der Waals surface area contributed by atoms with Crippen LogP contribution in [-0.2, 0) is 9.53 Å². The predicted molar refractivity (Wildman–Crippen MR) is 123 cm³/mol. The summed E-state index contributed by atoms with van der Waals surface area (Å²) >= 11 is 0. The van der Waals surface area contributed by atoms with Crippen molar-refractivity contribution in [1.82, 2.24) is 0 Å². The van der Waals surface area contributed by atoms with Gasteiger partial charge in [-0.1, -0.05) is 88.1 Å². The van der Waals surface area contributed by atoms with Crippen molar-refractivity contribution in [2.75, 3.05) is 0 Å². The summed E-state index contributed by atoms with van der Waals surface area (Å²) in [6.07, 6.45) is 7.92. The summed E-state index contributed by atoms with van der Waals surface area (Å²) in [6, 6.07) is 19.1. The molecule has 0 aliphatic heterocycles. The summed E-state index contributed by atoms with van der Waals surface area (Å²) in [5, 5.41) is 4.78. The van der Waals surface area contributed by atoms with E-state index in [4.69, 9.17) is 4.74 Å². The van der Waals surface area contributed by atoms with Crippen LogP contribution in [0.3, 0.4) is 0 Å². The van der Waals surface area contributed by atoms with Gasteiger partial charge in [-0.3, -0.25) is 0 Å². The van der Waals surface area contributed by atoms with E-state index in [9.17, 15) is 4.79 Å². The molecule has 3 aromatic carbocycles. The van der Waals surface area contributed by atoms with E-state index in [1.165, 1.54) is 48.3 Å². The van der Waals surface area contributed by atoms with E-state index in [1.807, 2.05) is 0 Å². The number of esters is 1. The van der Waals surface area contributed by atoms with Crippen LogP contribution in [0.5, 0.6) is 0 Å². The molecule has 2 nitrogen and oxygen atoms in total. The number of unbranched alkanes of at least 4 members (excludes halogenated alkanes) is 5. The Hall–Kier alpha value is -2.61. The average Bonchev–Trinajstić information content (AvgIpc) is 2.73. The molecule has 0 aliphatic rings. The lowest BCUT2D eigenvalue weighted by Crippen LogP contribution is -2.12. The van der Waals surface area contributed by atoms with Gasteiger partial charge in [-0.25, -0.2) is 4.79 Å². The molecule has 0 fully saturated rings. The third kappa shape index (κ3) is 5.47. The second-order valence-electron chi connectivity index (χ2n) is 8.00. The van der Waals surface area contributed by atoms with Crippen LogP contribution in [0.2, 0.25) is 0 Å². The number of benzene rings is 3. The van der Waals surface area contributed by atoms with Gasteiger partial charge in [-0.2, -0.15) is 0 Å². The van der Waals surface area contributed by atoms with Gasteiger partial charge in [-0.05, 0) is 53.4 Å². The van der Waals surface area contributed by atoms with Crippen molar-refractivity contribution in [2.24, 2.45) is 0 Å². The zero-order chi connectivity index (χ0) is 20.6. The molecule has 0 N–H and O–H groups in total. The standard InChI is InChI=1S/C27H32O2/c1-4-5-6-7-8-9-17-26(29-27(28)20(2)3)24-16-12-15-23-18-21-13-10-11-14-22(21)19-25(23)24/h10-16,18-19,26H,2,4-9,17H2,1,3H3. The number of hydrogen-bond acceptors (Lipinski definition) is 2. The molecule has 0 aliphatic carbocycles. The van der Waals surface area contributed by atoms with Crippen molar-refractivity contribution >= 4 is 27.5 Å². The normalized spacial score (nSPS) is 12.2. The number of rotatable bonds is 10. The molecular weight excluding hydrogens is 356 g/mol. The van der Waals surface area contributed by atoms with Gasteiger partial charge in [-0.15, -0.1) is 0 Å². The summed E-state index contributed by atoms with van der Waals surface area (Å²) in [6.45, 7) is 7.70. The highest BCUT2D eigenvalue weighted by Crippen LogP contribution is 2.33. The smallest absolute Gasteiger partial charge is 0.333 e. The zero-order valence-corrected chi connectivity index (χ0v) is 17.7. The van der Waals surface area contributed by atoms with E-state index in [0.29, 0.717) is 5.57 Å². The highest BCUT2D eigenvalue weighted by molar-refractivity contribution is 6.00. The number of hydrogen-bond donors (Lipinski definition) is 0. The molecule has 1 unspecified atom stereocenters. The molecule has 0 radical (unpaired) electrons. The van der Waals surface area contributed by atoms with Gasteiger partial charge < -0.3 is 4.74 Å². The van der Waals surface area contributed by atoms with Gasteiger partial charge in [0.15, 0.2) is 0 Å². The highest BCUT2D eigenvalue weighted by Gasteiger charge is 2.19. The van der Waals surface area contributed by atoms with Crippen LogP contribution >= 0.6 is 0 Å². The van der Waals surface area contributed by atoms with Crippen LogP contribution in [0, 0.1) is 0 Å². The molecule has 0 amide bonds. The number of fused-ring (bicyclic) bond motifs is 2. The summed E-state index contributed by atoms with van der Waals surface area (Å²) in [5.41, 5.74) is 1.54. The van der Waals surface area contributed by atoms with Crippen molar-refractivity contribution in [1.29, 1.82) is 0 Å². The third-order valence-corrected chi connectivity index (χ3v) is 5.54. The second kappa shape index (κ2) is 10.2. The summed E-state index contributed by atoms with van der Waals surface area (Å²) in [7, 11) is 0. The summed E-state index contributed by atoms with van der Waals surface area (Å²) < 4.78 is 5.91. The minimum absolute atomic E-state index is 0.241. The first kappa shape index (κ1) is 21.1. The fraction of sp³-hybridized carbons (Fsp3) is 0.370. The Bertz CT molecular complexity index is 986. The molecule has 0 saturated carbocycles. The molecular formula is C27H32O2. The lowest BCUT2D eigenvalue weighted by atomic mass is 9.94. The topological polar surface area (TPSA) is 26.3 Å². The quantitative estimate of drug-likeness (QED) is 0.153. The van der Waals surface area contributed by atoms with E-state index in [-0.39, 0.29) is 12.1 Å². The number of carbonyl (C=O) groups excluding carboxylic acids is 1. The van der Waals surface area contributed by atoms with Gasteiger partial charge in [0.1, 0.15) is 6.10 Å². The number of carbonyl (C=O) groups is 1. The van der Waals surface area contributed by atoms with Gasteiger partial charge in [0.2, 0.25) is 0 Å². The van der Waals surface area contributed by atoms with Crippen LogP contribution in [0.25, 0.3) is 21.5 Å². The molecule has 0 aromatic heterocycles. The molecule has 29 heavy (non-hydrogen) atoms. The van der Waals surface area contributed by atoms with Crippen molar-refractivity contribution in [3.63, 3.8) is 0 Å². The number of ether oxygens (including phenoxy) is 1. The van der Waals surface area contributed by atoms with Crippen LogP contribution in [-0.4, -0.2) is 5.97 Å². The van der Waals surface area contributed by atoms with Crippen LogP contribution in [0.1, 0.15) is 70.5 Å². The van der Waals surface area contributed by atoms with Gasteiger partial charge >= 0.3 is 5.97 Å². The zero-order valence-electron chi connectivity index (χ0n) is 17.7. The molecule has 2 heteroatoms. The largest absolute Gasteiger partial charge is 0.454 e. The minimum Gasteiger partial charge on any atom is -0.454 e. The van der Waals surface area contributed by atoms with Crippen molar-refractivity contribution in [3.05, 3.63) is 72.3 Å². The highest BCUT2D eigenvalue weighted by atomic mass is 16.5. The Balaban J connectivity index is 1.88. The second-order valence-corrected chi connectivity index (χ2v) is 8.00. The maximum Gasteiger partial charge on any atom is 0.333 e. The summed E-state index contributed by atoms with van der Waals surface area (Å²) in [5.74, 6) is -0.307. The lowest BCUT2D eigenvalue weighted by Gasteiger charge is -2.20. The van der Waals surface area contributed by atoms with E-state index < -0.39 is 0 Å². The van der Waals surface area contributed by atoms with Gasteiger partial charge in [0.05, 0.1) is 0 Å². The first-order valence-electron chi connectivity index (χ1n) is 10.9. The molecule has 3 aromatic rings. The van der Waals surface area contributed by atoms with Crippen LogP contribution in [0.4, 0.5) is 0 Å². The van der Waals surface area contributed by atoms with Crippen molar-refractivity contribution in [2.45, 2.75) is 64.9 Å². The maximum atomic E-state index is 12.3. The van der Waals surface area contributed by atoms with Crippen molar-refractivity contribution in [3.8, 4) is 0 Å². The fourth-order valence-corrected chi connectivity index (χ4v) is 3.89. The van der Waals surface area contributed by atoms with Crippen LogP contribution in [0.15, 0.2) is 66.7 Å². The molecule has 3 rings (SSSR count). The molecule has 0 heterocycles. The SMILES string of the molecule is C=C(C)C(=O)OC(CCCCCCCC)c1cccc2cc3ccccc3cc12. The average molecular weight is 389 g/mol. The Morgan fingerprint density at radius 3 is 2.28 bits per heavy atom. The first-order valence-corrected chi connectivity index (χ1v) is 10.9. The Morgan fingerprint density at radius 1 is 0.897 bits per heavy atom. The lowest BCUT2D eigenvalue weighted by molar-refractivity contribution is -0.144. The first-order chi connectivity index (χ1) is 14.1. The van der Waals surface area contributed by atoms with E-state index >= 15 is 0 Å². The Kier molecular flexibility index (Phi) is 7.46. The van der Waals surface area contributed by atoms with Gasteiger partial charge in [0.25, 0.3) is 0 Å². The minimum atomic E-state index is -0.307. The van der Waals surface area contributed by atoms with E-state index in [2.05, 4.69) is 68.1 Å². The Morgan fingerprint density at radius 2 is 1.55 bits per heavy atom. The fourth-order valence-electron chi connectivity index (χ4n) is 3.89. The maximum absolute atomic E-state index is 12.3. The molecule has 1 atom stereocenters. The van der Waals surface area contributed by atoms with E-state index in [0.717, 1.165) is 23.8 Å².